The van der Waals surface area contributed by atoms with Gasteiger partial charge in [-0.3, -0.25) is 9.88 Å². The summed E-state index contributed by atoms with van der Waals surface area (Å²) in [4.78, 5) is 24.7. The Morgan fingerprint density at radius 3 is 2.24 bits per heavy atom. The summed E-state index contributed by atoms with van der Waals surface area (Å²) in [5.41, 5.74) is 4.01. The van der Waals surface area contributed by atoms with Gasteiger partial charge in [0.25, 0.3) is 0 Å². The summed E-state index contributed by atoms with van der Waals surface area (Å²) in [7, 11) is 0. The summed E-state index contributed by atoms with van der Waals surface area (Å²) >= 11 is 0. The summed E-state index contributed by atoms with van der Waals surface area (Å²) in [6.45, 7) is 8.79. The molecule has 192 valence electrons. The van der Waals surface area contributed by atoms with E-state index in [0.717, 1.165) is 39.1 Å². The first-order chi connectivity index (χ1) is 15.8. The van der Waals surface area contributed by atoms with Crippen LogP contribution in [0, 0.1) is 0 Å². The normalized spacial score (nSPS) is 18.0. The number of fused-ring (bicyclic) bond motifs is 1. The van der Waals surface area contributed by atoms with Crippen molar-refractivity contribution in [2.45, 2.75) is 44.4 Å². The highest BCUT2D eigenvalue weighted by molar-refractivity contribution is 5.73. The molecule has 1 unspecified atom stereocenters. The molecule has 2 aliphatic rings. The number of rotatable bonds is 5. The lowest BCUT2D eigenvalue weighted by molar-refractivity contribution is -0.193. The Balaban J connectivity index is 0.000000343. The van der Waals surface area contributed by atoms with Crippen LogP contribution in [-0.2, 0) is 38.6 Å². The van der Waals surface area contributed by atoms with Crippen LogP contribution in [0.4, 0.5) is 26.3 Å². The number of hydrogen-bond acceptors (Lipinski definition) is 6. The van der Waals surface area contributed by atoms with Gasteiger partial charge in [0.1, 0.15) is 0 Å². The van der Waals surface area contributed by atoms with Gasteiger partial charge in [0.15, 0.2) is 0 Å². The number of halogens is 6. The molecule has 0 amide bonds. The van der Waals surface area contributed by atoms with Gasteiger partial charge in [0, 0.05) is 38.1 Å². The molecule has 3 heterocycles. The Hall–Kier alpha value is -2.71. The van der Waals surface area contributed by atoms with Gasteiger partial charge < -0.3 is 19.7 Å². The van der Waals surface area contributed by atoms with Crippen molar-refractivity contribution in [3.05, 3.63) is 41.7 Å². The second kappa shape index (κ2) is 13.2. The number of carboxylic acid groups (broad SMARTS) is 2. The van der Waals surface area contributed by atoms with Crippen molar-refractivity contribution in [1.82, 2.24) is 9.88 Å². The molecule has 0 spiro atoms. The third-order valence-electron chi connectivity index (χ3n) is 4.66. The average molecular weight is 502 g/mol. The standard InChI is InChI=1S/C16H22N2O2.2C2HF3O2/c1-2-6-19-11-14-9-17-8-13-10-18(5-3-16(13)14)15-4-7-20-12-15;2*3-2(4,5)1(6)7/h2,8-9,15H,1,3-7,10-12H2;2*(H,6,7). The summed E-state index contributed by atoms with van der Waals surface area (Å²) in [6, 6.07) is 0.587. The third-order valence-corrected chi connectivity index (χ3v) is 4.66. The Morgan fingerprint density at radius 1 is 1.18 bits per heavy atom. The average Bonchev–Trinajstić information content (AvgIpc) is 3.28. The zero-order chi connectivity index (χ0) is 25.9. The second-order valence-corrected chi connectivity index (χ2v) is 7.08. The molecule has 1 fully saturated rings. The highest BCUT2D eigenvalue weighted by atomic mass is 19.4. The van der Waals surface area contributed by atoms with Crippen molar-refractivity contribution in [1.29, 1.82) is 0 Å². The highest BCUT2D eigenvalue weighted by Gasteiger charge is 2.38. The molecule has 14 heteroatoms. The topological polar surface area (TPSA) is 109 Å². The minimum atomic E-state index is -5.08. The van der Waals surface area contributed by atoms with Crippen LogP contribution in [0.25, 0.3) is 0 Å². The maximum Gasteiger partial charge on any atom is 0.490 e. The number of hydrogen-bond donors (Lipinski definition) is 2. The number of ether oxygens (including phenoxy) is 2. The first kappa shape index (κ1) is 29.3. The SMILES string of the molecule is C=CCOCc1cncc2c1CCN(C1CCOC1)C2.O=C(O)C(F)(F)F.O=C(O)C(F)(F)F. The summed E-state index contributed by atoms with van der Waals surface area (Å²) in [5, 5.41) is 14.2. The van der Waals surface area contributed by atoms with Crippen molar-refractivity contribution in [2.75, 3.05) is 26.4 Å². The quantitative estimate of drug-likeness (QED) is 0.359. The summed E-state index contributed by atoms with van der Waals surface area (Å²) in [5.74, 6) is -5.51. The summed E-state index contributed by atoms with van der Waals surface area (Å²) < 4.78 is 74.5. The van der Waals surface area contributed by atoms with E-state index in [4.69, 9.17) is 29.3 Å². The van der Waals surface area contributed by atoms with E-state index < -0.39 is 24.3 Å². The van der Waals surface area contributed by atoms with Gasteiger partial charge in [0.05, 0.1) is 19.8 Å². The number of carboxylic acids is 2. The van der Waals surface area contributed by atoms with Crippen LogP contribution in [0.2, 0.25) is 0 Å². The molecule has 1 saturated heterocycles. The largest absolute Gasteiger partial charge is 0.490 e. The Labute approximate surface area is 190 Å². The molecule has 0 aliphatic carbocycles. The zero-order valence-electron chi connectivity index (χ0n) is 17.9. The van der Waals surface area contributed by atoms with E-state index in [1.54, 1.807) is 6.08 Å². The number of aliphatic carboxylic acids is 2. The van der Waals surface area contributed by atoms with E-state index in [2.05, 4.69) is 16.5 Å². The fraction of sp³-hybridized carbons (Fsp3) is 0.550. The fourth-order valence-electron chi connectivity index (χ4n) is 3.09. The minimum Gasteiger partial charge on any atom is -0.475 e. The molecule has 0 aromatic carbocycles. The van der Waals surface area contributed by atoms with E-state index >= 15 is 0 Å². The highest BCUT2D eigenvalue weighted by Crippen LogP contribution is 2.25. The fourth-order valence-corrected chi connectivity index (χ4v) is 3.09. The molecule has 0 saturated carbocycles. The molecular formula is C20H24F6N2O6. The van der Waals surface area contributed by atoms with Crippen molar-refractivity contribution >= 4 is 11.9 Å². The van der Waals surface area contributed by atoms with Crippen LogP contribution >= 0.6 is 0 Å². The van der Waals surface area contributed by atoms with Crippen LogP contribution in [0.15, 0.2) is 25.0 Å². The van der Waals surface area contributed by atoms with Gasteiger partial charge in [-0.25, -0.2) is 9.59 Å². The van der Waals surface area contributed by atoms with Crippen LogP contribution in [0.5, 0.6) is 0 Å². The van der Waals surface area contributed by atoms with Crippen LogP contribution in [0.3, 0.4) is 0 Å². The molecule has 0 radical (unpaired) electrons. The molecule has 8 nitrogen and oxygen atoms in total. The summed E-state index contributed by atoms with van der Waals surface area (Å²) in [6.07, 6.45) is -2.19. The number of alkyl halides is 6. The smallest absolute Gasteiger partial charge is 0.475 e. The Kier molecular flexibility index (Phi) is 11.4. The lowest BCUT2D eigenvalue weighted by atomic mass is 9.96. The van der Waals surface area contributed by atoms with Gasteiger partial charge in [0.2, 0.25) is 0 Å². The van der Waals surface area contributed by atoms with Crippen LogP contribution in [0.1, 0.15) is 23.1 Å². The van der Waals surface area contributed by atoms with E-state index in [9.17, 15) is 26.3 Å². The third kappa shape index (κ3) is 10.1. The second-order valence-electron chi connectivity index (χ2n) is 7.08. The van der Waals surface area contributed by atoms with Crippen molar-refractivity contribution in [2.24, 2.45) is 0 Å². The molecular weight excluding hydrogens is 478 g/mol. The van der Waals surface area contributed by atoms with Gasteiger partial charge in [-0.05, 0) is 29.5 Å². The predicted molar refractivity (Wildman–Crippen MR) is 105 cm³/mol. The maximum absolute atomic E-state index is 10.6. The van der Waals surface area contributed by atoms with Gasteiger partial charge in [-0.2, -0.15) is 26.3 Å². The molecule has 2 N–H and O–H groups in total. The zero-order valence-corrected chi connectivity index (χ0v) is 17.9. The molecule has 34 heavy (non-hydrogen) atoms. The molecule has 1 aromatic rings. The van der Waals surface area contributed by atoms with Gasteiger partial charge >= 0.3 is 24.3 Å². The van der Waals surface area contributed by atoms with E-state index in [0.29, 0.717) is 19.3 Å². The van der Waals surface area contributed by atoms with Crippen LogP contribution in [-0.4, -0.2) is 76.8 Å². The number of aromatic nitrogens is 1. The lowest BCUT2D eigenvalue weighted by Gasteiger charge is -2.33. The van der Waals surface area contributed by atoms with Gasteiger partial charge in [-0.15, -0.1) is 6.58 Å². The predicted octanol–water partition coefficient (Wildman–Crippen LogP) is 3.20. The molecule has 1 atom stereocenters. The van der Waals surface area contributed by atoms with E-state index in [1.807, 2.05) is 12.4 Å². The van der Waals surface area contributed by atoms with E-state index in [1.165, 1.54) is 16.7 Å². The Bertz CT molecular complexity index is 801. The molecule has 1 aromatic heterocycles. The number of nitrogens with zero attached hydrogens (tertiary/aromatic N) is 2. The van der Waals surface area contributed by atoms with Gasteiger partial charge in [-0.1, -0.05) is 6.08 Å². The monoisotopic (exact) mass is 502 g/mol. The first-order valence-corrected chi connectivity index (χ1v) is 9.82. The van der Waals surface area contributed by atoms with E-state index in [-0.39, 0.29) is 0 Å². The Morgan fingerprint density at radius 2 is 1.76 bits per heavy atom. The minimum absolute atomic E-state index is 0.587. The molecule has 0 bridgehead atoms. The maximum atomic E-state index is 10.6. The first-order valence-electron chi connectivity index (χ1n) is 9.82. The molecule has 2 aliphatic heterocycles. The van der Waals surface area contributed by atoms with Crippen molar-refractivity contribution in [3.8, 4) is 0 Å². The lowest BCUT2D eigenvalue weighted by Crippen LogP contribution is -2.40. The molecule has 3 rings (SSSR count). The van der Waals surface area contributed by atoms with Crippen molar-refractivity contribution in [3.63, 3.8) is 0 Å². The van der Waals surface area contributed by atoms with Crippen molar-refractivity contribution < 1.29 is 55.6 Å². The number of carbonyl (C=O) groups is 2. The van der Waals surface area contributed by atoms with Crippen LogP contribution < -0.4 is 0 Å². The number of pyridine rings is 1.